The van der Waals surface area contributed by atoms with Gasteiger partial charge in [0.15, 0.2) is 0 Å². The Morgan fingerprint density at radius 2 is 0.750 bits per heavy atom. The molecular formula is BaCaO2. The van der Waals surface area contributed by atoms with Crippen molar-refractivity contribution in [2.75, 3.05) is 0 Å². The molecule has 0 aromatic carbocycles. The minimum Gasteiger partial charge on any atom is -2.00 e. The van der Waals surface area contributed by atoms with Crippen LogP contribution in [0.3, 0.4) is 0 Å². The van der Waals surface area contributed by atoms with Crippen LogP contribution in [-0.2, 0) is 11.0 Å². The zero-order valence-electron chi connectivity index (χ0n) is 2.23. The Labute approximate surface area is 95.0 Å². The molecule has 16 valence electrons. The van der Waals surface area contributed by atoms with E-state index in [-0.39, 0.29) is 97.6 Å². The SMILES string of the molecule is [Ba+2].[Ca+2].[O-2].[O-2]. The summed E-state index contributed by atoms with van der Waals surface area (Å²) in [7, 11) is 0. The van der Waals surface area contributed by atoms with Gasteiger partial charge in [0.2, 0.25) is 0 Å². The fourth-order valence-corrected chi connectivity index (χ4v) is 0. The maximum absolute atomic E-state index is 0. The third-order valence-corrected chi connectivity index (χ3v) is 0. The maximum atomic E-state index is 0. The van der Waals surface area contributed by atoms with E-state index in [0.717, 1.165) is 0 Å². The van der Waals surface area contributed by atoms with E-state index < -0.39 is 0 Å². The van der Waals surface area contributed by atoms with E-state index in [4.69, 9.17) is 0 Å². The van der Waals surface area contributed by atoms with Crippen LogP contribution in [0.1, 0.15) is 0 Å². The van der Waals surface area contributed by atoms with Crippen molar-refractivity contribution in [3.63, 3.8) is 0 Å². The fraction of sp³-hybridized carbons (Fsp3) is 0. The molecule has 0 aliphatic rings. The van der Waals surface area contributed by atoms with E-state index in [1.165, 1.54) is 0 Å². The van der Waals surface area contributed by atoms with E-state index in [1.807, 2.05) is 0 Å². The predicted molar refractivity (Wildman–Crippen MR) is 12.9 cm³/mol. The van der Waals surface area contributed by atoms with Crippen LogP contribution in [-0.4, -0.2) is 86.6 Å². The summed E-state index contributed by atoms with van der Waals surface area (Å²) in [5, 5.41) is 0. The van der Waals surface area contributed by atoms with E-state index >= 15 is 0 Å². The zero-order chi connectivity index (χ0) is 0. The van der Waals surface area contributed by atoms with Crippen molar-refractivity contribution in [3.05, 3.63) is 0 Å². The largest absolute Gasteiger partial charge is 2.00 e. The van der Waals surface area contributed by atoms with Gasteiger partial charge in [-0.25, -0.2) is 0 Å². The van der Waals surface area contributed by atoms with Gasteiger partial charge in [-0.3, -0.25) is 0 Å². The molecule has 0 spiro atoms. The second-order valence-electron chi connectivity index (χ2n) is 0. The summed E-state index contributed by atoms with van der Waals surface area (Å²) in [5.41, 5.74) is 0. The number of hydrogen-bond acceptors (Lipinski definition) is 0. The third-order valence-electron chi connectivity index (χ3n) is 0. The van der Waals surface area contributed by atoms with E-state index in [9.17, 15) is 0 Å². The molecule has 0 saturated carbocycles. The van der Waals surface area contributed by atoms with Crippen LogP contribution < -0.4 is 0 Å². The summed E-state index contributed by atoms with van der Waals surface area (Å²) in [5.74, 6) is 0. The average molecular weight is 209 g/mol. The Morgan fingerprint density at radius 3 is 0.750 bits per heavy atom. The molecular weight excluding hydrogens is 209 g/mol. The van der Waals surface area contributed by atoms with Gasteiger partial charge in [-0.05, 0) is 0 Å². The standard InChI is InChI=1S/Ba.Ca.2O/q2*+2;2*-2. The van der Waals surface area contributed by atoms with Crippen molar-refractivity contribution >= 4 is 86.6 Å². The normalized spacial score (nSPS) is 0. The second kappa shape index (κ2) is 17.2. The summed E-state index contributed by atoms with van der Waals surface area (Å²) < 4.78 is 0. The summed E-state index contributed by atoms with van der Waals surface area (Å²) in [4.78, 5) is 0. The molecule has 0 amide bonds. The molecule has 0 aromatic rings. The van der Waals surface area contributed by atoms with Crippen LogP contribution in [0.4, 0.5) is 0 Å². The van der Waals surface area contributed by atoms with Crippen molar-refractivity contribution in [2.45, 2.75) is 0 Å². The third kappa shape index (κ3) is 8.83. The smallest absolute Gasteiger partial charge is 2.00 e. The van der Waals surface area contributed by atoms with Crippen LogP contribution >= 0.6 is 0 Å². The molecule has 2 nitrogen and oxygen atoms in total. The second-order valence-corrected chi connectivity index (χ2v) is 0. The van der Waals surface area contributed by atoms with Crippen molar-refractivity contribution in [1.29, 1.82) is 0 Å². The average Bonchev–Trinajstić information content (AvgIpc) is 0. The molecule has 0 radical (unpaired) electrons. The molecule has 4 heavy (non-hydrogen) atoms. The molecule has 0 saturated heterocycles. The maximum Gasteiger partial charge on any atom is 2.00 e. The first-order valence-corrected chi connectivity index (χ1v) is 0. The van der Waals surface area contributed by atoms with E-state index in [0.29, 0.717) is 0 Å². The first-order valence-electron chi connectivity index (χ1n) is 0. The minimum atomic E-state index is 0. The number of rotatable bonds is 0. The van der Waals surface area contributed by atoms with Crippen LogP contribution in [0, 0.1) is 0 Å². The van der Waals surface area contributed by atoms with Gasteiger partial charge in [-0.15, -0.1) is 0 Å². The van der Waals surface area contributed by atoms with Gasteiger partial charge in [-0.1, -0.05) is 0 Å². The Morgan fingerprint density at radius 1 is 0.750 bits per heavy atom. The van der Waals surface area contributed by atoms with E-state index in [1.54, 1.807) is 0 Å². The Hall–Kier alpha value is 2.75. The first-order chi connectivity index (χ1) is 0. The number of hydrogen-bond donors (Lipinski definition) is 0. The van der Waals surface area contributed by atoms with Gasteiger partial charge >= 0.3 is 86.6 Å². The molecule has 0 aliphatic heterocycles. The van der Waals surface area contributed by atoms with Gasteiger partial charge in [0, 0.05) is 0 Å². The quantitative estimate of drug-likeness (QED) is 0.460. The van der Waals surface area contributed by atoms with Crippen molar-refractivity contribution < 1.29 is 11.0 Å². The van der Waals surface area contributed by atoms with Crippen LogP contribution in [0.5, 0.6) is 0 Å². The zero-order valence-corrected chi connectivity index (χ0v) is 8.88. The molecule has 0 fully saturated rings. The minimum absolute atomic E-state index is 0. The van der Waals surface area contributed by atoms with Crippen molar-refractivity contribution in [1.82, 2.24) is 0 Å². The summed E-state index contributed by atoms with van der Waals surface area (Å²) >= 11 is 0. The Kier molecular flexibility index (Phi) is 127. The van der Waals surface area contributed by atoms with Gasteiger partial charge in [-0.2, -0.15) is 0 Å². The fourth-order valence-electron chi connectivity index (χ4n) is 0. The Bertz CT molecular complexity index is 6.00. The molecule has 4 heteroatoms. The summed E-state index contributed by atoms with van der Waals surface area (Å²) in [6.45, 7) is 0. The molecule has 0 aliphatic carbocycles. The molecule has 0 aromatic heterocycles. The van der Waals surface area contributed by atoms with Crippen LogP contribution in [0.25, 0.3) is 0 Å². The summed E-state index contributed by atoms with van der Waals surface area (Å²) in [6, 6.07) is 0. The van der Waals surface area contributed by atoms with E-state index in [2.05, 4.69) is 0 Å². The van der Waals surface area contributed by atoms with Crippen molar-refractivity contribution in [2.24, 2.45) is 0 Å². The molecule has 0 atom stereocenters. The predicted octanol–water partition coefficient (Wildman–Crippen LogP) is -0.999. The summed E-state index contributed by atoms with van der Waals surface area (Å²) in [6.07, 6.45) is 0. The van der Waals surface area contributed by atoms with Gasteiger partial charge in [0.1, 0.15) is 0 Å². The topological polar surface area (TPSA) is 57.0 Å². The van der Waals surface area contributed by atoms with Gasteiger partial charge in [0.05, 0.1) is 0 Å². The molecule has 0 N–H and O–H groups in total. The van der Waals surface area contributed by atoms with Crippen molar-refractivity contribution in [3.8, 4) is 0 Å². The van der Waals surface area contributed by atoms with Gasteiger partial charge in [0.25, 0.3) is 0 Å². The molecule has 0 rings (SSSR count). The molecule has 0 unspecified atom stereocenters. The van der Waals surface area contributed by atoms with Crippen LogP contribution in [0.15, 0.2) is 0 Å². The molecule has 0 heterocycles. The van der Waals surface area contributed by atoms with Crippen LogP contribution in [0.2, 0.25) is 0 Å². The monoisotopic (exact) mass is 210 g/mol. The van der Waals surface area contributed by atoms with Gasteiger partial charge < -0.3 is 11.0 Å². The first kappa shape index (κ1) is 29.5. The Balaban J connectivity index is 0. The molecule has 0 bridgehead atoms.